The van der Waals surface area contributed by atoms with E-state index in [0.29, 0.717) is 19.0 Å². The van der Waals surface area contributed by atoms with Crippen LogP contribution < -0.4 is 9.64 Å². The minimum Gasteiger partial charge on any atom is -0.497 e. The fraction of sp³-hybridized carbons (Fsp3) is 0.409. The van der Waals surface area contributed by atoms with Crippen LogP contribution in [-0.2, 0) is 4.79 Å². The highest BCUT2D eigenvalue weighted by Crippen LogP contribution is 2.47. The van der Waals surface area contributed by atoms with Gasteiger partial charge in [-0.1, -0.05) is 13.0 Å². The van der Waals surface area contributed by atoms with Crippen LogP contribution in [0, 0.1) is 5.92 Å². The van der Waals surface area contributed by atoms with Gasteiger partial charge in [0, 0.05) is 49.9 Å². The molecule has 0 unspecified atom stereocenters. The van der Waals surface area contributed by atoms with Crippen molar-refractivity contribution in [2.75, 3.05) is 38.2 Å². The van der Waals surface area contributed by atoms with Crippen LogP contribution >= 0.6 is 0 Å². The molecule has 0 radical (unpaired) electrons. The fourth-order valence-corrected chi connectivity index (χ4v) is 3.63. The molecule has 1 aromatic heterocycles. The van der Waals surface area contributed by atoms with Gasteiger partial charge in [0.1, 0.15) is 17.3 Å². The first-order chi connectivity index (χ1) is 13.1. The van der Waals surface area contributed by atoms with Crippen LogP contribution in [0.25, 0.3) is 6.08 Å². The molecule has 0 N–H and O–H groups in total. The van der Waals surface area contributed by atoms with Crippen LogP contribution in [0.4, 0.5) is 5.69 Å². The zero-order valence-corrected chi connectivity index (χ0v) is 15.9. The van der Waals surface area contributed by atoms with E-state index in [-0.39, 0.29) is 5.91 Å². The van der Waals surface area contributed by atoms with E-state index in [2.05, 4.69) is 17.9 Å². The topological polar surface area (TPSA) is 45.9 Å². The summed E-state index contributed by atoms with van der Waals surface area (Å²) in [6.45, 7) is 5.29. The Morgan fingerprint density at radius 3 is 2.67 bits per heavy atom. The zero-order chi connectivity index (χ0) is 18.8. The molecule has 1 saturated heterocycles. The zero-order valence-electron chi connectivity index (χ0n) is 15.9. The Hall–Kier alpha value is -2.69. The maximum atomic E-state index is 12.5. The summed E-state index contributed by atoms with van der Waals surface area (Å²) >= 11 is 0. The van der Waals surface area contributed by atoms with Crippen molar-refractivity contribution in [1.29, 1.82) is 0 Å². The first-order valence-corrected chi connectivity index (χ1v) is 9.60. The Morgan fingerprint density at radius 2 is 1.96 bits per heavy atom. The summed E-state index contributed by atoms with van der Waals surface area (Å²) in [6.07, 6.45) is 4.61. The normalized spacial score (nSPS) is 22.3. The van der Waals surface area contributed by atoms with E-state index in [1.54, 1.807) is 19.3 Å². The molecule has 1 amide bonds. The molecule has 4 rings (SSSR count). The van der Waals surface area contributed by atoms with Crippen molar-refractivity contribution in [3.63, 3.8) is 0 Å². The van der Waals surface area contributed by atoms with E-state index < -0.39 is 0 Å². The van der Waals surface area contributed by atoms with Crippen LogP contribution in [0.15, 0.2) is 46.9 Å². The van der Waals surface area contributed by atoms with Crippen molar-refractivity contribution < 1.29 is 13.9 Å². The number of amides is 1. The van der Waals surface area contributed by atoms with Gasteiger partial charge in [0.2, 0.25) is 5.91 Å². The van der Waals surface area contributed by atoms with Gasteiger partial charge < -0.3 is 19.0 Å². The van der Waals surface area contributed by atoms with Gasteiger partial charge in [-0.25, -0.2) is 0 Å². The number of nitrogens with zero attached hydrogens (tertiary/aromatic N) is 2. The number of piperazine rings is 1. The second-order valence-corrected chi connectivity index (χ2v) is 7.41. The van der Waals surface area contributed by atoms with Gasteiger partial charge in [0.15, 0.2) is 0 Å². The van der Waals surface area contributed by atoms with Crippen LogP contribution in [0.1, 0.15) is 30.8 Å². The number of benzene rings is 1. The van der Waals surface area contributed by atoms with Crippen molar-refractivity contribution in [3.8, 4) is 5.75 Å². The molecule has 0 bridgehead atoms. The Labute approximate surface area is 160 Å². The molecule has 1 aliphatic heterocycles. The highest BCUT2D eigenvalue weighted by atomic mass is 16.5. The summed E-state index contributed by atoms with van der Waals surface area (Å²) in [5.41, 5.74) is 1.13. The summed E-state index contributed by atoms with van der Waals surface area (Å²) in [4.78, 5) is 16.7. The van der Waals surface area contributed by atoms with Gasteiger partial charge in [0.05, 0.1) is 7.11 Å². The smallest absolute Gasteiger partial charge is 0.246 e. The lowest BCUT2D eigenvalue weighted by Gasteiger charge is -2.35. The number of hydrogen-bond donors (Lipinski definition) is 0. The summed E-state index contributed by atoms with van der Waals surface area (Å²) in [7, 11) is 1.68. The molecule has 2 heterocycles. The van der Waals surface area contributed by atoms with Crippen LogP contribution in [0.2, 0.25) is 0 Å². The quantitative estimate of drug-likeness (QED) is 0.756. The average Bonchev–Trinajstić information content (AvgIpc) is 3.26. The van der Waals surface area contributed by atoms with Crippen molar-refractivity contribution in [2.45, 2.75) is 19.3 Å². The molecule has 2 aliphatic rings. The number of ether oxygens (including phenoxy) is 1. The summed E-state index contributed by atoms with van der Waals surface area (Å²) in [5.74, 6) is 3.97. The van der Waals surface area contributed by atoms with E-state index >= 15 is 0 Å². The molecule has 2 aromatic rings. The van der Waals surface area contributed by atoms with Crippen LogP contribution in [-0.4, -0.2) is 44.1 Å². The standard InChI is InChI=1S/C22H26N2O3/c1-16-14-20(16)21-8-6-18(27-21)7-9-22(25)24-12-10-23(11-13-24)17-4-3-5-19(15-17)26-2/h3-9,15-16,20H,10-14H2,1-2H3/b9-7+/t16-,20-/m1/s1. The molecule has 5 heteroatoms. The number of carbonyl (C=O) groups excluding carboxylic acids is 1. The van der Waals surface area contributed by atoms with E-state index in [4.69, 9.17) is 9.15 Å². The Bertz CT molecular complexity index is 834. The number of carbonyl (C=O) groups is 1. The Kier molecular flexibility index (Phi) is 4.92. The van der Waals surface area contributed by atoms with Crippen molar-refractivity contribution >= 4 is 17.7 Å². The van der Waals surface area contributed by atoms with Gasteiger partial charge in [0.25, 0.3) is 0 Å². The highest BCUT2D eigenvalue weighted by molar-refractivity contribution is 5.91. The molecule has 1 aliphatic carbocycles. The molecule has 2 fully saturated rings. The third-order valence-electron chi connectivity index (χ3n) is 5.52. The first-order valence-electron chi connectivity index (χ1n) is 9.60. The molecule has 1 aromatic carbocycles. The minimum atomic E-state index is 0.0398. The number of rotatable bonds is 5. The number of hydrogen-bond acceptors (Lipinski definition) is 4. The van der Waals surface area contributed by atoms with E-state index in [0.717, 1.165) is 42.0 Å². The lowest BCUT2D eigenvalue weighted by molar-refractivity contribution is -0.126. The van der Waals surface area contributed by atoms with Gasteiger partial charge >= 0.3 is 0 Å². The van der Waals surface area contributed by atoms with Gasteiger partial charge in [-0.3, -0.25) is 4.79 Å². The predicted molar refractivity (Wildman–Crippen MR) is 106 cm³/mol. The number of methoxy groups -OCH3 is 1. The van der Waals surface area contributed by atoms with Crippen molar-refractivity contribution in [1.82, 2.24) is 4.90 Å². The fourth-order valence-electron chi connectivity index (χ4n) is 3.63. The number of anilines is 1. The highest BCUT2D eigenvalue weighted by Gasteiger charge is 2.36. The molecule has 5 nitrogen and oxygen atoms in total. The van der Waals surface area contributed by atoms with Crippen LogP contribution in [0.5, 0.6) is 5.75 Å². The molecule has 27 heavy (non-hydrogen) atoms. The molecular weight excluding hydrogens is 340 g/mol. The summed E-state index contributed by atoms with van der Waals surface area (Å²) in [6, 6.07) is 12.0. The monoisotopic (exact) mass is 366 g/mol. The predicted octanol–water partition coefficient (Wildman–Crippen LogP) is 3.77. The van der Waals surface area contributed by atoms with Gasteiger partial charge in [-0.2, -0.15) is 0 Å². The largest absolute Gasteiger partial charge is 0.497 e. The lowest BCUT2D eigenvalue weighted by Crippen LogP contribution is -2.48. The second kappa shape index (κ2) is 7.51. The Morgan fingerprint density at radius 1 is 1.19 bits per heavy atom. The SMILES string of the molecule is COc1cccc(N2CCN(C(=O)/C=C/c3ccc([C@@H]4C[C@H]4C)o3)CC2)c1. The molecular formula is C22H26N2O3. The van der Waals surface area contributed by atoms with E-state index in [1.165, 1.54) is 6.42 Å². The Balaban J connectivity index is 1.31. The third-order valence-corrected chi connectivity index (χ3v) is 5.52. The number of furan rings is 1. The summed E-state index contributed by atoms with van der Waals surface area (Å²) < 4.78 is 11.1. The van der Waals surface area contributed by atoms with E-state index in [1.807, 2.05) is 35.2 Å². The lowest BCUT2D eigenvalue weighted by atomic mass is 10.2. The van der Waals surface area contributed by atoms with E-state index in [9.17, 15) is 4.79 Å². The van der Waals surface area contributed by atoms with Crippen LogP contribution in [0.3, 0.4) is 0 Å². The average molecular weight is 366 g/mol. The summed E-state index contributed by atoms with van der Waals surface area (Å²) in [5, 5.41) is 0. The molecule has 0 spiro atoms. The third kappa shape index (κ3) is 4.02. The molecule has 142 valence electrons. The van der Waals surface area contributed by atoms with Gasteiger partial charge in [-0.05, 0) is 42.7 Å². The van der Waals surface area contributed by atoms with Crippen molar-refractivity contribution in [2.24, 2.45) is 5.92 Å². The molecule has 2 atom stereocenters. The molecule has 1 saturated carbocycles. The first kappa shape index (κ1) is 17.7. The second-order valence-electron chi connectivity index (χ2n) is 7.41. The minimum absolute atomic E-state index is 0.0398. The maximum Gasteiger partial charge on any atom is 0.246 e. The maximum absolute atomic E-state index is 12.5. The van der Waals surface area contributed by atoms with Gasteiger partial charge in [-0.15, -0.1) is 0 Å². The van der Waals surface area contributed by atoms with Crippen molar-refractivity contribution in [3.05, 3.63) is 54.0 Å².